The fourth-order valence-corrected chi connectivity index (χ4v) is 4.92. The van der Waals surface area contributed by atoms with Gasteiger partial charge in [0.25, 0.3) is 0 Å². The van der Waals surface area contributed by atoms with Gasteiger partial charge >= 0.3 is 0 Å². The summed E-state index contributed by atoms with van der Waals surface area (Å²) in [5, 5.41) is 41.1. The number of allylic oxidation sites excluding steroid dienone is 2. The van der Waals surface area contributed by atoms with Gasteiger partial charge in [-0.05, 0) is 49.7 Å². The zero-order chi connectivity index (χ0) is 24.1. The number of rotatable bonds is 4. The highest BCUT2D eigenvalue weighted by atomic mass is 16.5. The minimum atomic E-state index is -0.612. The fraction of sp³-hybridized carbons (Fsp3) is 0.346. The van der Waals surface area contributed by atoms with Crippen molar-refractivity contribution in [1.82, 2.24) is 0 Å². The summed E-state index contributed by atoms with van der Waals surface area (Å²) in [4.78, 5) is 13.1. The normalized spacial score (nSPS) is 17.7. The number of hydrogen-bond acceptors (Lipinski definition) is 7. The average molecular weight is 453 g/mol. The molecular weight excluding hydrogens is 424 g/mol. The molecule has 4 rings (SSSR count). The highest BCUT2D eigenvalue weighted by Gasteiger charge is 2.35. The largest absolute Gasteiger partial charge is 0.508 e. The molecule has 0 aliphatic heterocycles. The molecule has 174 valence electrons. The van der Waals surface area contributed by atoms with Gasteiger partial charge in [-0.3, -0.25) is 4.79 Å². The molecule has 1 aliphatic carbocycles. The lowest BCUT2D eigenvalue weighted by molar-refractivity contribution is 0.212. The number of phenols is 4. The number of hydrogen-bond donors (Lipinski definition) is 4. The van der Waals surface area contributed by atoms with E-state index in [0.717, 1.165) is 18.9 Å². The molecule has 4 N–H and O–H groups in total. The summed E-state index contributed by atoms with van der Waals surface area (Å²) in [6, 6.07) is 5.17. The SMILES string of the molecule is COc1c(-c2ccc(O)c(O)c2CC2C(C)=CCCC2(C)C)oc2cc(O)cc(O)c2c1=O. The van der Waals surface area contributed by atoms with Crippen molar-refractivity contribution in [2.45, 2.75) is 40.0 Å². The zero-order valence-electron chi connectivity index (χ0n) is 19.1. The van der Waals surface area contributed by atoms with Crippen LogP contribution in [0.3, 0.4) is 0 Å². The van der Waals surface area contributed by atoms with Crippen LogP contribution in [-0.4, -0.2) is 27.5 Å². The lowest BCUT2D eigenvalue weighted by Crippen LogP contribution is -2.29. The first-order valence-electron chi connectivity index (χ1n) is 10.8. The Morgan fingerprint density at radius 3 is 2.52 bits per heavy atom. The van der Waals surface area contributed by atoms with Crippen LogP contribution in [0.4, 0.5) is 0 Å². The molecule has 7 heteroatoms. The van der Waals surface area contributed by atoms with E-state index in [2.05, 4.69) is 26.8 Å². The Morgan fingerprint density at radius 2 is 1.85 bits per heavy atom. The smallest absolute Gasteiger partial charge is 0.239 e. The summed E-state index contributed by atoms with van der Waals surface area (Å²) in [6.07, 6.45) is 4.56. The molecule has 0 fully saturated rings. The molecule has 0 amide bonds. The van der Waals surface area contributed by atoms with Gasteiger partial charge in [0, 0.05) is 23.3 Å². The summed E-state index contributed by atoms with van der Waals surface area (Å²) >= 11 is 0. The summed E-state index contributed by atoms with van der Waals surface area (Å²) in [6.45, 7) is 6.42. The van der Waals surface area contributed by atoms with Gasteiger partial charge in [-0.25, -0.2) is 0 Å². The summed E-state index contributed by atoms with van der Waals surface area (Å²) in [7, 11) is 1.32. The first-order chi connectivity index (χ1) is 15.5. The zero-order valence-corrected chi connectivity index (χ0v) is 19.1. The van der Waals surface area contributed by atoms with Gasteiger partial charge in [0.1, 0.15) is 22.5 Å². The number of aromatic hydroxyl groups is 4. The fourth-order valence-electron chi connectivity index (χ4n) is 4.92. The van der Waals surface area contributed by atoms with E-state index in [1.165, 1.54) is 24.8 Å². The van der Waals surface area contributed by atoms with Gasteiger partial charge in [-0.1, -0.05) is 25.5 Å². The molecule has 7 nitrogen and oxygen atoms in total. The summed E-state index contributed by atoms with van der Waals surface area (Å²) < 4.78 is 11.3. The number of methoxy groups -OCH3 is 1. The molecule has 1 unspecified atom stereocenters. The molecule has 2 aromatic carbocycles. The van der Waals surface area contributed by atoms with Crippen molar-refractivity contribution >= 4 is 11.0 Å². The van der Waals surface area contributed by atoms with Gasteiger partial charge < -0.3 is 29.6 Å². The van der Waals surface area contributed by atoms with Crippen LogP contribution in [0.25, 0.3) is 22.3 Å². The summed E-state index contributed by atoms with van der Waals surface area (Å²) in [5.41, 5.74) is 1.33. The number of fused-ring (bicyclic) bond motifs is 1. The topological polar surface area (TPSA) is 120 Å². The van der Waals surface area contributed by atoms with E-state index in [-0.39, 0.29) is 51.1 Å². The Bertz CT molecular complexity index is 1330. The summed E-state index contributed by atoms with van der Waals surface area (Å²) in [5.74, 6) is -1.28. The molecule has 0 saturated carbocycles. The third-order valence-corrected chi connectivity index (χ3v) is 6.78. The molecule has 0 radical (unpaired) electrons. The van der Waals surface area contributed by atoms with E-state index in [1.807, 2.05) is 0 Å². The van der Waals surface area contributed by atoms with Crippen molar-refractivity contribution < 1.29 is 29.6 Å². The molecule has 1 heterocycles. The quantitative estimate of drug-likeness (QED) is 0.316. The van der Waals surface area contributed by atoms with Crippen molar-refractivity contribution in [2.24, 2.45) is 11.3 Å². The van der Waals surface area contributed by atoms with E-state index in [4.69, 9.17) is 9.15 Å². The van der Waals surface area contributed by atoms with E-state index < -0.39 is 11.2 Å². The second kappa shape index (κ2) is 8.06. The number of ether oxygens (including phenoxy) is 1. The second-order valence-corrected chi connectivity index (χ2v) is 9.32. The molecule has 1 aliphatic rings. The Labute approximate surface area is 191 Å². The van der Waals surface area contributed by atoms with Crippen LogP contribution in [0.5, 0.6) is 28.7 Å². The lowest BCUT2D eigenvalue weighted by atomic mass is 9.66. The van der Waals surface area contributed by atoms with Crippen molar-refractivity contribution in [3.8, 4) is 40.1 Å². The first-order valence-corrected chi connectivity index (χ1v) is 10.8. The van der Waals surface area contributed by atoms with Crippen LogP contribution in [0.15, 0.2) is 45.1 Å². The van der Waals surface area contributed by atoms with Crippen LogP contribution in [-0.2, 0) is 6.42 Å². The van der Waals surface area contributed by atoms with Gasteiger partial charge in [0.2, 0.25) is 11.2 Å². The van der Waals surface area contributed by atoms with Crippen LogP contribution < -0.4 is 10.2 Å². The first kappa shape index (κ1) is 22.6. The van der Waals surface area contributed by atoms with Crippen LogP contribution in [0, 0.1) is 11.3 Å². The van der Waals surface area contributed by atoms with E-state index >= 15 is 0 Å². The maximum Gasteiger partial charge on any atom is 0.239 e. The molecule has 0 bridgehead atoms. The minimum absolute atomic E-state index is 0.0270. The highest BCUT2D eigenvalue weighted by molar-refractivity contribution is 5.88. The Balaban J connectivity index is 1.99. The van der Waals surface area contributed by atoms with Crippen LogP contribution in [0.2, 0.25) is 0 Å². The van der Waals surface area contributed by atoms with Crippen molar-refractivity contribution in [2.75, 3.05) is 7.11 Å². The third-order valence-electron chi connectivity index (χ3n) is 6.78. The van der Waals surface area contributed by atoms with Crippen molar-refractivity contribution in [3.63, 3.8) is 0 Å². The Hall–Kier alpha value is -3.61. The Kier molecular flexibility index (Phi) is 5.52. The molecule has 0 saturated heterocycles. The highest BCUT2D eigenvalue weighted by Crippen LogP contribution is 2.48. The third kappa shape index (κ3) is 3.77. The predicted molar refractivity (Wildman–Crippen MR) is 125 cm³/mol. The number of phenolic OH excluding ortho intramolecular Hbond substituents is 4. The molecule has 1 atom stereocenters. The average Bonchev–Trinajstić information content (AvgIpc) is 2.72. The lowest BCUT2D eigenvalue weighted by Gasteiger charge is -2.39. The van der Waals surface area contributed by atoms with Gasteiger partial charge in [-0.2, -0.15) is 0 Å². The van der Waals surface area contributed by atoms with Gasteiger partial charge in [-0.15, -0.1) is 0 Å². The number of benzene rings is 2. The van der Waals surface area contributed by atoms with Gasteiger partial charge in [0.15, 0.2) is 17.3 Å². The van der Waals surface area contributed by atoms with Gasteiger partial charge in [0.05, 0.1) is 7.11 Å². The van der Waals surface area contributed by atoms with E-state index in [0.29, 0.717) is 17.5 Å². The van der Waals surface area contributed by atoms with Crippen molar-refractivity contribution in [1.29, 1.82) is 0 Å². The van der Waals surface area contributed by atoms with Crippen LogP contribution in [0.1, 0.15) is 39.2 Å². The molecule has 0 spiro atoms. The van der Waals surface area contributed by atoms with Crippen LogP contribution >= 0.6 is 0 Å². The minimum Gasteiger partial charge on any atom is -0.508 e. The maximum absolute atomic E-state index is 13.1. The monoisotopic (exact) mass is 452 g/mol. The van der Waals surface area contributed by atoms with E-state index in [1.54, 1.807) is 6.07 Å². The molecule has 33 heavy (non-hydrogen) atoms. The predicted octanol–water partition coefficient (Wildman–Crippen LogP) is 5.22. The molecule has 3 aromatic rings. The van der Waals surface area contributed by atoms with E-state index in [9.17, 15) is 25.2 Å². The second-order valence-electron chi connectivity index (χ2n) is 9.32. The maximum atomic E-state index is 13.1. The molecular formula is C26H28O7. The Morgan fingerprint density at radius 1 is 1.12 bits per heavy atom. The molecule has 1 aromatic heterocycles. The standard InChI is InChI=1S/C26H28O7/c1-13-6-5-9-26(2,3)17(13)12-16-15(7-8-18(28)22(16)30)24-25(32-4)23(31)21-19(29)10-14(27)11-20(21)33-24/h6-8,10-11,17,27-30H,5,9,12H2,1-4H3. The van der Waals surface area contributed by atoms with Crippen molar-refractivity contribution in [3.05, 3.63) is 51.7 Å².